The van der Waals surface area contributed by atoms with E-state index in [1.54, 1.807) is 0 Å². The zero-order chi connectivity index (χ0) is 5.28. The Bertz CT molecular complexity index is 139. The number of rotatable bonds is 0. The largest absolute Gasteiger partial charge is 0.270 e. The van der Waals surface area contributed by atoms with Gasteiger partial charge >= 0.3 is 0 Å². The van der Waals surface area contributed by atoms with Crippen LogP contribution in [0, 0.1) is 6.08 Å². The average molecular weight is 224 g/mol. The fourth-order valence-electron chi connectivity index (χ4n) is 0.751. The van der Waals surface area contributed by atoms with Gasteiger partial charge in [-0.25, -0.2) is 11.6 Å². The minimum Gasteiger partial charge on any atom is -0.270 e. The van der Waals surface area contributed by atoms with E-state index in [-0.39, 0.29) is 35.6 Å². The van der Waals surface area contributed by atoms with Crippen molar-refractivity contribution in [2.45, 2.75) is 20.3 Å². The molecule has 1 aliphatic rings. The Balaban J connectivity index is -0.000000163. The molecule has 10 heavy (non-hydrogen) atoms. The standard InChI is InChI=1S/C7H9.2FH.Zr/c1-6-3-4-7(2)5-6;;;/h5H,3H2,1-2H3;2*1H;/q-1;;;. The fraction of sp³-hybridized carbons (Fsp3) is 0.429. The van der Waals surface area contributed by atoms with Gasteiger partial charge in [0.25, 0.3) is 0 Å². The van der Waals surface area contributed by atoms with Crippen LogP contribution in [0.4, 0.5) is 9.41 Å². The van der Waals surface area contributed by atoms with Crippen LogP contribution in [0.2, 0.25) is 0 Å². The van der Waals surface area contributed by atoms with Crippen LogP contribution in [0.15, 0.2) is 17.2 Å². The predicted octanol–water partition coefficient (Wildman–Crippen LogP) is 2.39. The summed E-state index contributed by atoms with van der Waals surface area (Å²) in [5.74, 6) is 0. The number of allylic oxidation sites excluding steroid dienone is 4. The zero-order valence-electron chi connectivity index (χ0n) is 6.10. The third kappa shape index (κ3) is 5.04. The van der Waals surface area contributed by atoms with Crippen LogP contribution in [0.25, 0.3) is 0 Å². The van der Waals surface area contributed by atoms with E-state index in [0.717, 1.165) is 6.42 Å². The maximum Gasteiger partial charge on any atom is 0 e. The summed E-state index contributed by atoms with van der Waals surface area (Å²) in [7, 11) is 0. The number of hydrogen-bond acceptors (Lipinski definition) is 0. The SMILES string of the molecule is CC1=[C-]CC(C)=C1.F.F.[Zr]. The van der Waals surface area contributed by atoms with E-state index < -0.39 is 0 Å². The monoisotopic (exact) mass is 223 g/mol. The topological polar surface area (TPSA) is 0 Å². The average Bonchev–Trinajstić information content (AvgIpc) is 1.87. The minimum atomic E-state index is 0. The van der Waals surface area contributed by atoms with Crippen LogP contribution in [-0.2, 0) is 26.2 Å². The van der Waals surface area contributed by atoms with Crippen LogP contribution < -0.4 is 0 Å². The molecule has 0 bridgehead atoms. The first-order chi connectivity index (χ1) is 3.29. The molecule has 0 fully saturated rings. The van der Waals surface area contributed by atoms with Crippen LogP contribution in [0.5, 0.6) is 0 Å². The van der Waals surface area contributed by atoms with E-state index in [1.807, 2.05) is 0 Å². The molecule has 0 aromatic rings. The van der Waals surface area contributed by atoms with E-state index in [9.17, 15) is 0 Å². The van der Waals surface area contributed by atoms with Gasteiger partial charge in [-0.3, -0.25) is 15.5 Å². The van der Waals surface area contributed by atoms with Gasteiger partial charge in [-0.2, -0.15) is 5.57 Å². The van der Waals surface area contributed by atoms with Crippen molar-refractivity contribution in [2.75, 3.05) is 0 Å². The molecule has 0 unspecified atom stereocenters. The van der Waals surface area contributed by atoms with Crippen molar-refractivity contribution in [3.63, 3.8) is 0 Å². The van der Waals surface area contributed by atoms with E-state index in [0.29, 0.717) is 0 Å². The molecule has 0 saturated heterocycles. The summed E-state index contributed by atoms with van der Waals surface area (Å²) >= 11 is 0. The van der Waals surface area contributed by atoms with Crippen molar-refractivity contribution in [3.05, 3.63) is 23.3 Å². The number of hydrogen-bond donors (Lipinski definition) is 0. The first kappa shape index (κ1) is 16.7. The molecule has 0 aliphatic heterocycles. The zero-order valence-corrected chi connectivity index (χ0v) is 8.56. The molecule has 0 nitrogen and oxygen atoms in total. The third-order valence-electron chi connectivity index (χ3n) is 1.11. The van der Waals surface area contributed by atoms with Gasteiger partial charge in [0.05, 0.1) is 0 Å². The Kier molecular flexibility index (Phi) is 12.2. The maximum absolute atomic E-state index is 3.19. The van der Waals surface area contributed by atoms with Gasteiger partial charge in [0, 0.05) is 26.2 Å². The Morgan fingerprint density at radius 2 is 1.80 bits per heavy atom. The van der Waals surface area contributed by atoms with E-state index in [2.05, 4.69) is 26.0 Å². The molecule has 0 N–H and O–H groups in total. The van der Waals surface area contributed by atoms with Gasteiger partial charge < -0.3 is 0 Å². The molecule has 58 valence electrons. The summed E-state index contributed by atoms with van der Waals surface area (Å²) in [6.45, 7) is 4.21. The van der Waals surface area contributed by atoms with Gasteiger partial charge in [0.2, 0.25) is 0 Å². The van der Waals surface area contributed by atoms with Gasteiger partial charge in [-0.05, 0) is 0 Å². The van der Waals surface area contributed by atoms with Crippen molar-refractivity contribution in [1.82, 2.24) is 0 Å². The molecular formula is C7H11F2Zr-. The molecule has 0 heterocycles. The summed E-state index contributed by atoms with van der Waals surface area (Å²) in [5.41, 5.74) is 2.72. The summed E-state index contributed by atoms with van der Waals surface area (Å²) < 4.78 is 0. The second kappa shape index (κ2) is 7.33. The van der Waals surface area contributed by atoms with Crippen molar-refractivity contribution in [2.24, 2.45) is 0 Å². The molecule has 0 saturated carbocycles. The van der Waals surface area contributed by atoms with Crippen molar-refractivity contribution >= 4 is 0 Å². The Hall–Kier alpha value is 0.223. The van der Waals surface area contributed by atoms with Crippen molar-refractivity contribution in [1.29, 1.82) is 0 Å². The van der Waals surface area contributed by atoms with Crippen LogP contribution in [0.1, 0.15) is 20.3 Å². The van der Waals surface area contributed by atoms with Gasteiger partial charge in [0.1, 0.15) is 0 Å². The fourth-order valence-corrected chi connectivity index (χ4v) is 0.751. The predicted molar refractivity (Wildman–Crippen MR) is 35.8 cm³/mol. The van der Waals surface area contributed by atoms with E-state index in [1.165, 1.54) is 11.1 Å². The Labute approximate surface area is 79.2 Å². The van der Waals surface area contributed by atoms with Gasteiger partial charge in [-0.1, -0.05) is 13.8 Å². The molecular weight excluding hydrogens is 213 g/mol. The van der Waals surface area contributed by atoms with Gasteiger partial charge in [0.15, 0.2) is 0 Å². The summed E-state index contributed by atoms with van der Waals surface area (Å²) in [6, 6.07) is 0. The van der Waals surface area contributed by atoms with E-state index >= 15 is 0 Å². The molecule has 0 aromatic carbocycles. The molecule has 3 heteroatoms. The second-order valence-corrected chi connectivity index (χ2v) is 2.03. The first-order valence-electron chi connectivity index (χ1n) is 2.53. The normalized spacial score (nSPS) is 13.4. The summed E-state index contributed by atoms with van der Waals surface area (Å²) in [4.78, 5) is 0. The van der Waals surface area contributed by atoms with Crippen molar-refractivity contribution < 1.29 is 35.6 Å². The third-order valence-corrected chi connectivity index (χ3v) is 1.11. The van der Waals surface area contributed by atoms with Crippen LogP contribution in [-0.4, -0.2) is 0 Å². The molecule has 0 radical (unpaired) electrons. The second-order valence-electron chi connectivity index (χ2n) is 2.03. The van der Waals surface area contributed by atoms with Crippen molar-refractivity contribution in [3.8, 4) is 0 Å². The first-order valence-corrected chi connectivity index (χ1v) is 2.53. The Morgan fingerprint density at radius 1 is 1.30 bits per heavy atom. The summed E-state index contributed by atoms with van der Waals surface area (Å²) in [5, 5.41) is 0. The molecule has 0 spiro atoms. The minimum absolute atomic E-state index is 0. The quantitative estimate of drug-likeness (QED) is 0.554. The van der Waals surface area contributed by atoms with Crippen LogP contribution >= 0.6 is 0 Å². The molecule has 0 amide bonds. The Morgan fingerprint density at radius 3 is 1.90 bits per heavy atom. The smallest absolute Gasteiger partial charge is 0 e. The summed E-state index contributed by atoms with van der Waals surface area (Å²) in [6.07, 6.45) is 6.41. The maximum atomic E-state index is 3.19. The van der Waals surface area contributed by atoms with Crippen LogP contribution in [0.3, 0.4) is 0 Å². The molecule has 1 rings (SSSR count). The van der Waals surface area contributed by atoms with Gasteiger partial charge in [-0.15, -0.1) is 6.42 Å². The molecule has 1 aliphatic carbocycles. The molecule has 0 aromatic heterocycles. The molecule has 0 atom stereocenters. The van der Waals surface area contributed by atoms with E-state index in [4.69, 9.17) is 0 Å². The number of halogens is 2.